The van der Waals surface area contributed by atoms with E-state index in [4.69, 9.17) is 4.74 Å². The highest BCUT2D eigenvalue weighted by Crippen LogP contribution is 2.48. The van der Waals surface area contributed by atoms with Gasteiger partial charge in [-0.15, -0.1) is 0 Å². The van der Waals surface area contributed by atoms with Crippen LogP contribution in [0.25, 0.3) is 0 Å². The minimum absolute atomic E-state index is 0.0516. The first-order valence-electron chi connectivity index (χ1n) is 7.20. The summed E-state index contributed by atoms with van der Waals surface area (Å²) in [6.07, 6.45) is 7.54. The van der Waals surface area contributed by atoms with Crippen LogP contribution in [-0.2, 0) is 16.8 Å². The first kappa shape index (κ1) is 12.2. The van der Waals surface area contributed by atoms with Gasteiger partial charge in [0.2, 0.25) is 0 Å². The van der Waals surface area contributed by atoms with Crippen molar-refractivity contribution in [3.05, 3.63) is 35.4 Å². The first-order chi connectivity index (χ1) is 8.82. The van der Waals surface area contributed by atoms with E-state index in [0.717, 1.165) is 6.42 Å². The first-order valence-corrected chi connectivity index (χ1v) is 7.20. The molecule has 1 aromatic carbocycles. The van der Waals surface area contributed by atoms with Crippen LogP contribution in [0.4, 0.5) is 0 Å². The van der Waals surface area contributed by atoms with Gasteiger partial charge in [-0.3, -0.25) is 0 Å². The zero-order chi connectivity index (χ0) is 12.4. The standard InChI is InChI=1S/C16H23NO/c1-18-16(8-9-16)14-6-4-5-13(11-14)12-15-7-2-3-10-17-15/h4-6,11,15,17H,2-3,7-10,12H2,1H3. The molecule has 0 spiro atoms. The molecule has 2 nitrogen and oxygen atoms in total. The Hall–Kier alpha value is -0.860. The van der Waals surface area contributed by atoms with Crippen LogP contribution in [0.15, 0.2) is 24.3 Å². The van der Waals surface area contributed by atoms with Gasteiger partial charge in [0, 0.05) is 13.2 Å². The lowest BCUT2D eigenvalue weighted by Gasteiger charge is -2.24. The molecule has 3 rings (SSSR count). The van der Waals surface area contributed by atoms with Gasteiger partial charge in [-0.25, -0.2) is 0 Å². The molecule has 1 N–H and O–H groups in total. The minimum atomic E-state index is 0.0516. The number of rotatable bonds is 4. The van der Waals surface area contributed by atoms with Gasteiger partial charge >= 0.3 is 0 Å². The SMILES string of the molecule is COC1(c2cccc(CC3CCCCN3)c2)CC1. The van der Waals surface area contributed by atoms with Gasteiger partial charge in [0.05, 0.1) is 5.60 Å². The lowest BCUT2D eigenvalue weighted by atomic mass is 9.95. The maximum atomic E-state index is 5.66. The van der Waals surface area contributed by atoms with Crippen molar-refractivity contribution in [3.63, 3.8) is 0 Å². The van der Waals surface area contributed by atoms with Crippen LogP contribution in [0, 0.1) is 0 Å². The Labute approximate surface area is 110 Å². The molecule has 0 amide bonds. The minimum Gasteiger partial charge on any atom is -0.374 e. The molecule has 1 aliphatic carbocycles. The summed E-state index contributed by atoms with van der Waals surface area (Å²) in [5.41, 5.74) is 2.88. The van der Waals surface area contributed by atoms with Gasteiger partial charge in [-0.1, -0.05) is 30.7 Å². The second-order valence-corrected chi connectivity index (χ2v) is 5.75. The lowest BCUT2D eigenvalue weighted by Crippen LogP contribution is -2.35. The third kappa shape index (κ3) is 2.45. The van der Waals surface area contributed by atoms with Gasteiger partial charge < -0.3 is 10.1 Å². The fraction of sp³-hybridized carbons (Fsp3) is 0.625. The van der Waals surface area contributed by atoms with Crippen molar-refractivity contribution in [1.29, 1.82) is 0 Å². The van der Waals surface area contributed by atoms with Crippen LogP contribution in [0.5, 0.6) is 0 Å². The molecule has 2 aliphatic rings. The summed E-state index contributed by atoms with van der Waals surface area (Å²) in [5.74, 6) is 0. The van der Waals surface area contributed by atoms with Gasteiger partial charge in [-0.2, -0.15) is 0 Å². The van der Waals surface area contributed by atoms with Crippen LogP contribution in [-0.4, -0.2) is 19.7 Å². The highest BCUT2D eigenvalue weighted by Gasteiger charge is 2.44. The summed E-state index contributed by atoms with van der Waals surface area (Å²) in [7, 11) is 1.84. The molecule has 18 heavy (non-hydrogen) atoms. The number of hydrogen-bond acceptors (Lipinski definition) is 2. The van der Waals surface area contributed by atoms with Gasteiger partial charge in [0.25, 0.3) is 0 Å². The molecule has 0 bridgehead atoms. The van der Waals surface area contributed by atoms with E-state index in [1.165, 1.54) is 49.8 Å². The number of nitrogens with one attached hydrogen (secondary N) is 1. The van der Waals surface area contributed by atoms with Crippen molar-refractivity contribution >= 4 is 0 Å². The molecule has 2 heteroatoms. The largest absolute Gasteiger partial charge is 0.374 e. The number of hydrogen-bond donors (Lipinski definition) is 1. The van der Waals surface area contributed by atoms with E-state index in [1.54, 1.807) is 0 Å². The average molecular weight is 245 g/mol. The predicted molar refractivity (Wildman–Crippen MR) is 73.7 cm³/mol. The molecule has 2 fully saturated rings. The van der Waals surface area contributed by atoms with Crippen molar-refractivity contribution in [2.45, 2.75) is 50.2 Å². The Balaban J connectivity index is 1.70. The lowest BCUT2D eigenvalue weighted by molar-refractivity contribution is 0.0788. The molecule has 1 unspecified atom stereocenters. The van der Waals surface area contributed by atoms with Crippen molar-refractivity contribution in [1.82, 2.24) is 5.32 Å². The average Bonchev–Trinajstić information content (AvgIpc) is 3.21. The zero-order valence-corrected chi connectivity index (χ0v) is 11.2. The molecule has 1 atom stereocenters. The van der Waals surface area contributed by atoms with Crippen molar-refractivity contribution in [3.8, 4) is 0 Å². The van der Waals surface area contributed by atoms with Crippen LogP contribution in [0.3, 0.4) is 0 Å². The molecular formula is C16H23NO. The van der Waals surface area contributed by atoms with Crippen LogP contribution in [0.1, 0.15) is 43.2 Å². The van der Waals surface area contributed by atoms with E-state index >= 15 is 0 Å². The van der Waals surface area contributed by atoms with Gasteiger partial charge in [-0.05, 0) is 49.8 Å². The molecule has 0 radical (unpaired) electrons. The van der Waals surface area contributed by atoms with E-state index in [9.17, 15) is 0 Å². The molecule has 0 aromatic heterocycles. The molecule has 98 valence electrons. The molecule has 1 saturated carbocycles. The highest BCUT2D eigenvalue weighted by molar-refractivity contribution is 5.32. The molecular weight excluding hydrogens is 222 g/mol. The second kappa shape index (κ2) is 5.02. The van der Waals surface area contributed by atoms with Crippen LogP contribution in [0.2, 0.25) is 0 Å². The summed E-state index contributed by atoms with van der Waals surface area (Å²) in [5, 5.41) is 3.62. The number of methoxy groups -OCH3 is 1. The van der Waals surface area contributed by atoms with Crippen molar-refractivity contribution < 1.29 is 4.74 Å². The maximum Gasteiger partial charge on any atom is 0.0930 e. The molecule has 1 saturated heterocycles. The number of piperidine rings is 1. The summed E-state index contributed by atoms with van der Waals surface area (Å²) in [4.78, 5) is 0. The van der Waals surface area contributed by atoms with Gasteiger partial charge in [0.1, 0.15) is 0 Å². The van der Waals surface area contributed by atoms with E-state index in [-0.39, 0.29) is 5.60 Å². The van der Waals surface area contributed by atoms with E-state index in [1.807, 2.05) is 7.11 Å². The molecule has 1 heterocycles. The normalized spacial score (nSPS) is 25.9. The fourth-order valence-electron chi connectivity index (χ4n) is 3.09. The third-order valence-electron chi connectivity index (χ3n) is 4.44. The molecule has 1 aliphatic heterocycles. The number of benzene rings is 1. The summed E-state index contributed by atoms with van der Waals surface area (Å²) >= 11 is 0. The van der Waals surface area contributed by atoms with E-state index < -0.39 is 0 Å². The van der Waals surface area contributed by atoms with E-state index in [2.05, 4.69) is 29.6 Å². The van der Waals surface area contributed by atoms with Gasteiger partial charge in [0.15, 0.2) is 0 Å². The smallest absolute Gasteiger partial charge is 0.0930 e. The second-order valence-electron chi connectivity index (χ2n) is 5.75. The fourth-order valence-corrected chi connectivity index (χ4v) is 3.09. The Morgan fingerprint density at radius 2 is 2.22 bits per heavy atom. The third-order valence-corrected chi connectivity index (χ3v) is 4.44. The number of ether oxygens (including phenoxy) is 1. The van der Waals surface area contributed by atoms with E-state index in [0.29, 0.717) is 6.04 Å². The Morgan fingerprint density at radius 1 is 1.33 bits per heavy atom. The zero-order valence-electron chi connectivity index (χ0n) is 11.2. The topological polar surface area (TPSA) is 21.3 Å². The predicted octanol–water partition coefficient (Wildman–Crippen LogP) is 3.01. The quantitative estimate of drug-likeness (QED) is 0.880. The summed E-state index contributed by atoms with van der Waals surface area (Å²) in [6, 6.07) is 9.69. The summed E-state index contributed by atoms with van der Waals surface area (Å²) in [6.45, 7) is 1.19. The Morgan fingerprint density at radius 3 is 2.89 bits per heavy atom. The Bertz CT molecular complexity index is 405. The Kier molecular flexibility index (Phi) is 3.40. The van der Waals surface area contributed by atoms with Crippen LogP contribution >= 0.6 is 0 Å². The van der Waals surface area contributed by atoms with Crippen molar-refractivity contribution in [2.75, 3.05) is 13.7 Å². The van der Waals surface area contributed by atoms with Crippen LogP contribution < -0.4 is 5.32 Å². The molecule has 1 aromatic rings. The highest BCUT2D eigenvalue weighted by atomic mass is 16.5. The monoisotopic (exact) mass is 245 g/mol. The summed E-state index contributed by atoms with van der Waals surface area (Å²) < 4.78 is 5.66. The van der Waals surface area contributed by atoms with Crippen molar-refractivity contribution in [2.24, 2.45) is 0 Å². The maximum absolute atomic E-state index is 5.66.